The number of nitrogens with one attached hydrogen (secondary N) is 1. The summed E-state index contributed by atoms with van der Waals surface area (Å²) in [5.74, 6) is 1.61. The van der Waals surface area contributed by atoms with Crippen molar-refractivity contribution in [2.45, 2.75) is 18.9 Å². The van der Waals surface area contributed by atoms with Crippen LogP contribution in [0.5, 0.6) is 5.75 Å². The molecule has 172 valence electrons. The molecule has 6 nitrogen and oxygen atoms in total. The van der Waals surface area contributed by atoms with Gasteiger partial charge in [0.05, 0.1) is 17.5 Å². The minimum atomic E-state index is -0.287. The van der Waals surface area contributed by atoms with Gasteiger partial charge in [-0.1, -0.05) is 0 Å². The smallest absolute Gasteiger partial charge is 0.262 e. The predicted molar refractivity (Wildman–Crippen MR) is 126 cm³/mol. The number of halogens is 1. The second kappa shape index (κ2) is 8.47. The summed E-state index contributed by atoms with van der Waals surface area (Å²) in [6, 6.07) is 12.4. The van der Waals surface area contributed by atoms with E-state index in [0.717, 1.165) is 56.8 Å². The van der Waals surface area contributed by atoms with E-state index in [-0.39, 0.29) is 17.5 Å². The molecule has 3 aliphatic rings. The summed E-state index contributed by atoms with van der Waals surface area (Å²) in [4.78, 5) is 15.3. The Balaban J connectivity index is 1.23. The topological polar surface area (TPSA) is 55.7 Å². The Morgan fingerprint density at radius 2 is 1.94 bits per heavy atom. The highest BCUT2D eigenvalue weighted by Crippen LogP contribution is 2.32. The van der Waals surface area contributed by atoms with Gasteiger partial charge < -0.3 is 19.7 Å². The maximum absolute atomic E-state index is 15.1. The van der Waals surface area contributed by atoms with Crippen molar-refractivity contribution >= 4 is 16.5 Å². The summed E-state index contributed by atoms with van der Waals surface area (Å²) in [5.41, 5.74) is 0.977. The lowest BCUT2D eigenvalue weighted by Crippen LogP contribution is -2.26. The second-order valence-corrected chi connectivity index (χ2v) is 9.41. The van der Waals surface area contributed by atoms with Gasteiger partial charge in [-0.05, 0) is 66.5 Å². The maximum Gasteiger partial charge on any atom is 0.262 e. The van der Waals surface area contributed by atoms with Crippen LogP contribution in [-0.2, 0) is 4.74 Å². The summed E-state index contributed by atoms with van der Waals surface area (Å²) in [6.07, 6.45) is 3.94. The second-order valence-electron chi connectivity index (χ2n) is 9.41. The van der Waals surface area contributed by atoms with Crippen molar-refractivity contribution in [3.8, 4) is 11.4 Å². The summed E-state index contributed by atoms with van der Waals surface area (Å²) in [6.45, 7) is 5.08. The van der Waals surface area contributed by atoms with Crippen LogP contribution in [0.4, 0.5) is 10.1 Å². The number of benzene rings is 2. The molecule has 33 heavy (non-hydrogen) atoms. The van der Waals surface area contributed by atoms with Gasteiger partial charge in [-0.3, -0.25) is 9.36 Å². The first-order valence-electron chi connectivity index (χ1n) is 11.8. The first-order chi connectivity index (χ1) is 16.2. The zero-order chi connectivity index (χ0) is 22.4. The number of pyridine rings is 1. The standard InChI is InChI=1S/C26H28FN3O3/c27-24-11-20(3-6-25(24)29-14-18-12-28-13-19(18)15-29)30-8-7-17-10-21(4-5-23(17)26(30)31)33-16-22-2-1-9-32-22/h3-8,10-11,18-19,22,28H,1-2,9,12-16H2/t18?,19?,22-/m1/s1. The minimum Gasteiger partial charge on any atom is -0.491 e. The number of anilines is 1. The highest BCUT2D eigenvalue weighted by molar-refractivity contribution is 5.83. The molecule has 0 radical (unpaired) electrons. The third kappa shape index (κ3) is 3.89. The molecule has 3 atom stereocenters. The van der Waals surface area contributed by atoms with Crippen LogP contribution in [0.25, 0.3) is 16.5 Å². The highest BCUT2D eigenvalue weighted by Gasteiger charge is 2.36. The number of fused-ring (bicyclic) bond motifs is 2. The van der Waals surface area contributed by atoms with E-state index in [1.54, 1.807) is 18.3 Å². The average Bonchev–Trinajstić information content (AvgIpc) is 3.56. The van der Waals surface area contributed by atoms with Crippen LogP contribution >= 0.6 is 0 Å². The van der Waals surface area contributed by atoms with Gasteiger partial charge in [0.2, 0.25) is 0 Å². The monoisotopic (exact) mass is 449 g/mol. The zero-order valence-corrected chi connectivity index (χ0v) is 18.5. The van der Waals surface area contributed by atoms with E-state index in [2.05, 4.69) is 10.2 Å². The van der Waals surface area contributed by atoms with Crippen molar-refractivity contribution in [1.82, 2.24) is 9.88 Å². The lowest BCUT2D eigenvalue weighted by molar-refractivity contribution is 0.0680. The fraction of sp³-hybridized carbons (Fsp3) is 0.423. The van der Waals surface area contributed by atoms with Crippen molar-refractivity contribution in [2.75, 3.05) is 44.3 Å². The van der Waals surface area contributed by atoms with Crippen LogP contribution in [0, 0.1) is 17.7 Å². The van der Waals surface area contributed by atoms with E-state index in [1.807, 2.05) is 24.3 Å². The van der Waals surface area contributed by atoms with Crippen molar-refractivity contribution in [3.63, 3.8) is 0 Å². The molecule has 3 aliphatic heterocycles. The molecule has 1 N–H and O–H groups in total. The highest BCUT2D eigenvalue weighted by atomic mass is 19.1. The number of aromatic nitrogens is 1. The third-order valence-electron chi connectivity index (χ3n) is 7.27. The Bertz CT molecular complexity index is 1230. The largest absolute Gasteiger partial charge is 0.491 e. The van der Waals surface area contributed by atoms with Gasteiger partial charge >= 0.3 is 0 Å². The molecule has 7 heteroatoms. The van der Waals surface area contributed by atoms with Crippen molar-refractivity contribution in [1.29, 1.82) is 0 Å². The van der Waals surface area contributed by atoms with Gasteiger partial charge in [-0.15, -0.1) is 0 Å². The summed E-state index contributed by atoms with van der Waals surface area (Å²) in [7, 11) is 0. The lowest BCUT2D eigenvalue weighted by Gasteiger charge is -2.21. The Labute approximate surface area is 191 Å². The predicted octanol–water partition coefficient (Wildman–Crippen LogP) is 3.34. The van der Waals surface area contributed by atoms with Crippen molar-refractivity contribution in [2.24, 2.45) is 11.8 Å². The maximum atomic E-state index is 15.1. The quantitative estimate of drug-likeness (QED) is 0.648. The van der Waals surface area contributed by atoms with Gasteiger partial charge in [0.25, 0.3) is 5.56 Å². The fourth-order valence-electron chi connectivity index (χ4n) is 5.44. The van der Waals surface area contributed by atoms with Crippen LogP contribution in [0.2, 0.25) is 0 Å². The Morgan fingerprint density at radius 3 is 2.70 bits per heavy atom. The van der Waals surface area contributed by atoms with Crippen LogP contribution in [0.3, 0.4) is 0 Å². The molecular formula is C26H28FN3O3. The molecule has 4 heterocycles. The molecule has 2 unspecified atom stereocenters. The van der Waals surface area contributed by atoms with Crippen LogP contribution < -0.4 is 20.5 Å². The van der Waals surface area contributed by atoms with Crippen LogP contribution in [0.15, 0.2) is 53.5 Å². The molecule has 0 aliphatic carbocycles. The Kier molecular flexibility index (Phi) is 5.31. The summed E-state index contributed by atoms with van der Waals surface area (Å²) < 4.78 is 28.0. The van der Waals surface area contributed by atoms with Gasteiger partial charge in [-0.25, -0.2) is 4.39 Å². The molecule has 0 spiro atoms. The average molecular weight is 450 g/mol. The van der Waals surface area contributed by atoms with Gasteiger partial charge in [0, 0.05) is 50.4 Å². The SMILES string of the molecule is O=c1c2ccc(OC[C@H]3CCCO3)cc2ccn1-c1ccc(N2CC3CNCC3C2)c(F)c1. The van der Waals surface area contributed by atoms with E-state index in [4.69, 9.17) is 9.47 Å². The number of rotatable bonds is 5. The Hall–Kier alpha value is -2.90. The van der Waals surface area contributed by atoms with E-state index >= 15 is 4.39 Å². The summed E-state index contributed by atoms with van der Waals surface area (Å²) >= 11 is 0. The van der Waals surface area contributed by atoms with E-state index in [0.29, 0.717) is 35.2 Å². The molecule has 0 saturated carbocycles. The first kappa shape index (κ1) is 20.7. The molecule has 3 fully saturated rings. The van der Waals surface area contributed by atoms with Crippen LogP contribution in [0.1, 0.15) is 12.8 Å². The molecule has 2 aromatic carbocycles. The van der Waals surface area contributed by atoms with Gasteiger partial charge in [0.15, 0.2) is 0 Å². The zero-order valence-electron chi connectivity index (χ0n) is 18.5. The normalized spacial score (nSPS) is 24.5. The van der Waals surface area contributed by atoms with Gasteiger partial charge in [-0.2, -0.15) is 0 Å². The first-order valence-corrected chi connectivity index (χ1v) is 11.8. The summed E-state index contributed by atoms with van der Waals surface area (Å²) in [5, 5.41) is 4.79. The Morgan fingerprint density at radius 1 is 1.09 bits per heavy atom. The molecule has 3 aromatic rings. The number of hydrogen-bond donors (Lipinski definition) is 1. The fourth-order valence-corrected chi connectivity index (χ4v) is 5.44. The molecule has 3 saturated heterocycles. The molecule has 0 amide bonds. The lowest BCUT2D eigenvalue weighted by atomic mass is 10.0. The molecule has 1 aromatic heterocycles. The number of nitrogens with zero attached hydrogens (tertiary/aromatic N) is 2. The van der Waals surface area contributed by atoms with Crippen molar-refractivity contribution in [3.05, 3.63) is 64.8 Å². The number of hydrogen-bond acceptors (Lipinski definition) is 5. The van der Waals surface area contributed by atoms with Gasteiger partial charge in [0.1, 0.15) is 18.2 Å². The molecule has 0 bridgehead atoms. The van der Waals surface area contributed by atoms with Crippen molar-refractivity contribution < 1.29 is 13.9 Å². The molecule has 6 rings (SSSR count). The minimum absolute atomic E-state index is 0.142. The molecular weight excluding hydrogens is 421 g/mol. The van der Waals surface area contributed by atoms with Crippen LogP contribution in [-0.4, -0.2) is 50.1 Å². The number of ether oxygens (including phenoxy) is 2. The van der Waals surface area contributed by atoms with E-state index in [9.17, 15) is 4.79 Å². The van der Waals surface area contributed by atoms with E-state index in [1.165, 1.54) is 10.6 Å². The third-order valence-corrected chi connectivity index (χ3v) is 7.27. The van der Waals surface area contributed by atoms with E-state index < -0.39 is 0 Å².